The summed E-state index contributed by atoms with van der Waals surface area (Å²) < 4.78 is 1.60. The van der Waals surface area contributed by atoms with Gasteiger partial charge < -0.3 is 5.73 Å². The number of hydrogen-bond donors (Lipinski definition) is 2. The first-order valence-corrected chi connectivity index (χ1v) is 6.87. The second-order valence-electron chi connectivity index (χ2n) is 4.56. The predicted octanol–water partition coefficient (Wildman–Crippen LogP) is 1.72. The van der Waals surface area contributed by atoms with Gasteiger partial charge >= 0.3 is 5.69 Å². The number of aromatic nitrogens is 4. The van der Waals surface area contributed by atoms with Crippen molar-refractivity contribution in [2.24, 2.45) is 5.73 Å². The highest BCUT2D eigenvalue weighted by Crippen LogP contribution is 2.29. The van der Waals surface area contributed by atoms with Gasteiger partial charge in [-0.05, 0) is 38.6 Å². The minimum Gasteiger partial charge on any atom is -0.324 e. The van der Waals surface area contributed by atoms with E-state index in [4.69, 9.17) is 5.73 Å². The third-order valence-corrected chi connectivity index (χ3v) is 3.67. The molecule has 0 aliphatic heterocycles. The minimum absolute atomic E-state index is 0.0382. The Balaban J connectivity index is 2.40. The Bertz CT molecular complexity index is 617. The lowest BCUT2D eigenvalue weighted by Gasteiger charge is -2.12. The van der Waals surface area contributed by atoms with Crippen LogP contribution in [0.15, 0.2) is 33.3 Å². The lowest BCUT2D eigenvalue weighted by molar-refractivity contribution is 0.533. The van der Waals surface area contributed by atoms with E-state index < -0.39 is 0 Å². The van der Waals surface area contributed by atoms with E-state index in [1.807, 2.05) is 32.9 Å². The fourth-order valence-corrected chi connectivity index (χ4v) is 2.88. The maximum atomic E-state index is 11.7. The van der Waals surface area contributed by atoms with E-state index in [2.05, 4.69) is 15.2 Å². The molecular formula is C12H17N5OS. The second kappa shape index (κ2) is 5.58. The van der Waals surface area contributed by atoms with Crippen molar-refractivity contribution in [3.05, 3.63) is 34.4 Å². The first-order valence-electron chi connectivity index (χ1n) is 6.06. The van der Waals surface area contributed by atoms with Gasteiger partial charge in [-0.3, -0.25) is 4.57 Å². The number of nitrogens with one attached hydrogen (secondary N) is 1. The number of pyridine rings is 1. The molecule has 0 saturated carbocycles. The van der Waals surface area contributed by atoms with Gasteiger partial charge in [-0.2, -0.15) is 0 Å². The molecule has 0 radical (unpaired) electrons. The maximum absolute atomic E-state index is 11.7. The zero-order valence-electron chi connectivity index (χ0n) is 11.1. The molecule has 1 atom stereocenters. The molecule has 0 unspecified atom stereocenters. The summed E-state index contributed by atoms with van der Waals surface area (Å²) >= 11 is 1.35. The molecule has 0 amide bonds. The van der Waals surface area contributed by atoms with E-state index in [1.165, 1.54) is 11.8 Å². The fourth-order valence-electron chi connectivity index (χ4n) is 1.74. The largest absolute Gasteiger partial charge is 0.344 e. The predicted molar refractivity (Wildman–Crippen MR) is 74.2 cm³/mol. The van der Waals surface area contributed by atoms with Crippen molar-refractivity contribution in [2.45, 2.75) is 43.0 Å². The average Bonchev–Trinajstić information content (AvgIpc) is 2.71. The van der Waals surface area contributed by atoms with Gasteiger partial charge in [0.1, 0.15) is 5.03 Å². The quantitative estimate of drug-likeness (QED) is 0.889. The third kappa shape index (κ3) is 2.87. The molecule has 0 aromatic carbocycles. The number of H-pyrrole nitrogens is 1. The van der Waals surface area contributed by atoms with Crippen LogP contribution in [-0.2, 0) is 0 Å². The smallest absolute Gasteiger partial charge is 0.324 e. The fraction of sp³-hybridized carbons (Fsp3) is 0.417. The molecule has 0 aliphatic carbocycles. The molecular weight excluding hydrogens is 262 g/mol. The summed E-state index contributed by atoms with van der Waals surface area (Å²) in [7, 11) is 0. The van der Waals surface area contributed by atoms with E-state index in [1.54, 1.807) is 10.8 Å². The van der Waals surface area contributed by atoms with Crippen molar-refractivity contribution >= 4 is 11.8 Å². The van der Waals surface area contributed by atoms with Crippen molar-refractivity contribution in [3.8, 4) is 0 Å². The Morgan fingerprint density at radius 2 is 2.16 bits per heavy atom. The Kier molecular flexibility index (Phi) is 4.06. The lowest BCUT2D eigenvalue weighted by Crippen LogP contribution is -2.19. The van der Waals surface area contributed by atoms with Crippen LogP contribution in [-0.4, -0.2) is 19.7 Å². The number of hydrogen-bond acceptors (Lipinski definition) is 5. The van der Waals surface area contributed by atoms with Gasteiger partial charge in [-0.25, -0.2) is 14.9 Å². The van der Waals surface area contributed by atoms with E-state index in [0.29, 0.717) is 5.16 Å². The van der Waals surface area contributed by atoms with Crippen LogP contribution in [0.25, 0.3) is 0 Å². The standard InChI is InChI=1S/C12H17N5OS/c1-7(2)17-11(18)15-16-12(17)19-10-9(8(3)13)5-4-6-14-10/h4-8H,13H2,1-3H3,(H,15,18)/t8-/m0/s1. The van der Waals surface area contributed by atoms with Gasteiger partial charge in [0.05, 0.1) is 0 Å². The van der Waals surface area contributed by atoms with Crippen LogP contribution < -0.4 is 11.4 Å². The van der Waals surface area contributed by atoms with E-state index in [-0.39, 0.29) is 17.8 Å². The summed E-state index contributed by atoms with van der Waals surface area (Å²) in [6, 6.07) is 3.71. The molecule has 2 rings (SSSR count). The number of nitrogens with zero attached hydrogens (tertiary/aromatic N) is 3. The van der Waals surface area contributed by atoms with Gasteiger partial charge in [0, 0.05) is 23.8 Å². The van der Waals surface area contributed by atoms with Gasteiger partial charge in [-0.1, -0.05) is 6.07 Å². The molecule has 2 aromatic rings. The molecule has 0 spiro atoms. The summed E-state index contributed by atoms with van der Waals surface area (Å²) in [5, 5.41) is 7.88. The van der Waals surface area contributed by atoms with Crippen LogP contribution in [0.3, 0.4) is 0 Å². The Morgan fingerprint density at radius 3 is 2.79 bits per heavy atom. The molecule has 3 N–H and O–H groups in total. The van der Waals surface area contributed by atoms with Crippen LogP contribution in [0.2, 0.25) is 0 Å². The lowest BCUT2D eigenvalue weighted by atomic mass is 10.2. The second-order valence-corrected chi connectivity index (χ2v) is 5.52. The summed E-state index contributed by atoms with van der Waals surface area (Å²) in [5.74, 6) is 0. The van der Waals surface area contributed by atoms with Gasteiger partial charge in [0.2, 0.25) is 0 Å². The zero-order valence-corrected chi connectivity index (χ0v) is 11.9. The molecule has 0 aliphatic rings. The first-order chi connectivity index (χ1) is 9.00. The normalized spacial score (nSPS) is 12.9. The monoisotopic (exact) mass is 279 g/mol. The Morgan fingerprint density at radius 1 is 1.42 bits per heavy atom. The van der Waals surface area contributed by atoms with Crippen molar-refractivity contribution in [1.82, 2.24) is 19.7 Å². The van der Waals surface area contributed by atoms with Crippen LogP contribution in [0, 0.1) is 0 Å². The van der Waals surface area contributed by atoms with E-state index >= 15 is 0 Å². The highest BCUT2D eigenvalue weighted by molar-refractivity contribution is 7.99. The van der Waals surface area contributed by atoms with Crippen molar-refractivity contribution in [3.63, 3.8) is 0 Å². The Labute approximate surface area is 115 Å². The van der Waals surface area contributed by atoms with Crippen LogP contribution in [0.1, 0.15) is 38.4 Å². The van der Waals surface area contributed by atoms with Crippen molar-refractivity contribution in [2.75, 3.05) is 0 Å². The van der Waals surface area contributed by atoms with Crippen molar-refractivity contribution in [1.29, 1.82) is 0 Å². The number of rotatable bonds is 4. The molecule has 19 heavy (non-hydrogen) atoms. The third-order valence-electron chi connectivity index (χ3n) is 2.67. The summed E-state index contributed by atoms with van der Waals surface area (Å²) in [6.45, 7) is 5.78. The molecule has 102 valence electrons. The first kappa shape index (κ1) is 13.8. The molecule has 0 saturated heterocycles. The summed E-state index contributed by atoms with van der Waals surface area (Å²) in [4.78, 5) is 16.0. The highest BCUT2D eigenvalue weighted by Gasteiger charge is 2.16. The minimum atomic E-state index is -0.212. The van der Waals surface area contributed by atoms with Crippen LogP contribution in [0.4, 0.5) is 0 Å². The summed E-state index contributed by atoms with van der Waals surface area (Å²) in [6.07, 6.45) is 1.71. The average molecular weight is 279 g/mol. The molecule has 6 nitrogen and oxygen atoms in total. The molecule has 0 fully saturated rings. The summed E-state index contributed by atoms with van der Waals surface area (Å²) in [5.41, 5.74) is 6.65. The SMILES string of the molecule is CC(C)n1c(Sc2ncccc2[C@H](C)N)n[nH]c1=O. The van der Waals surface area contributed by atoms with Crippen LogP contribution in [0.5, 0.6) is 0 Å². The van der Waals surface area contributed by atoms with Gasteiger partial charge in [0.15, 0.2) is 5.16 Å². The van der Waals surface area contributed by atoms with Crippen LogP contribution >= 0.6 is 11.8 Å². The maximum Gasteiger partial charge on any atom is 0.344 e. The van der Waals surface area contributed by atoms with E-state index in [0.717, 1.165) is 10.6 Å². The van der Waals surface area contributed by atoms with Crippen molar-refractivity contribution < 1.29 is 0 Å². The molecule has 2 heterocycles. The van der Waals surface area contributed by atoms with Gasteiger partial charge in [0.25, 0.3) is 0 Å². The van der Waals surface area contributed by atoms with E-state index in [9.17, 15) is 4.79 Å². The topological polar surface area (TPSA) is 89.6 Å². The zero-order chi connectivity index (χ0) is 14.0. The number of nitrogens with two attached hydrogens (primary N) is 1. The van der Waals surface area contributed by atoms with Gasteiger partial charge in [-0.15, -0.1) is 5.10 Å². The highest BCUT2D eigenvalue weighted by atomic mass is 32.2. The molecule has 2 aromatic heterocycles. The molecule has 7 heteroatoms. The Hall–Kier alpha value is -1.60. The molecule has 0 bridgehead atoms. The number of aromatic amines is 1.